The predicted octanol–water partition coefficient (Wildman–Crippen LogP) is 0.640. The Kier molecular flexibility index (Phi) is 3.58. The molecule has 1 aromatic rings. The fourth-order valence-electron chi connectivity index (χ4n) is 1.10. The van der Waals surface area contributed by atoms with Gasteiger partial charge >= 0.3 is 0 Å². The van der Waals surface area contributed by atoms with E-state index in [4.69, 9.17) is 16.9 Å². The van der Waals surface area contributed by atoms with E-state index >= 15 is 0 Å². The number of nitrogen functional groups attached to an aromatic ring is 1. The number of amides is 1. The average Bonchev–Trinajstić information content (AvgIpc) is 2.26. The van der Waals surface area contributed by atoms with Crippen molar-refractivity contribution in [3.8, 4) is 18.1 Å². The second-order valence-electron chi connectivity index (χ2n) is 2.83. The third-order valence-corrected chi connectivity index (χ3v) is 1.79. The minimum atomic E-state index is -0.255. The van der Waals surface area contributed by atoms with Crippen molar-refractivity contribution in [2.24, 2.45) is 0 Å². The second kappa shape index (κ2) is 4.91. The van der Waals surface area contributed by atoms with Gasteiger partial charge in [-0.2, -0.15) is 0 Å². The minimum Gasteiger partial charge on any atom is -0.480 e. The van der Waals surface area contributed by atoms with Crippen LogP contribution in [-0.4, -0.2) is 19.6 Å². The Morgan fingerprint density at radius 1 is 1.67 bits per heavy atom. The highest BCUT2D eigenvalue weighted by Crippen LogP contribution is 2.21. The van der Waals surface area contributed by atoms with Crippen LogP contribution in [0.25, 0.3) is 0 Å². The Morgan fingerprint density at radius 2 is 2.40 bits per heavy atom. The van der Waals surface area contributed by atoms with E-state index in [1.807, 2.05) is 0 Å². The van der Waals surface area contributed by atoms with Gasteiger partial charge in [-0.05, 0) is 18.2 Å². The monoisotopic (exact) mass is 204 g/mol. The lowest BCUT2D eigenvalue weighted by Crippen LogP contribution is -2.19. The standard InChI is InChI=1S/C11H12N2O2/c1-3-6-15-10-5-4-8(12)7-9(10)11(14)13-2/h1,4-5,7H,6,12H2,2H3,(H,13,14). The number of carbonyl (C=O) groups excluding carboxylic acids is 1. The van der Waals surface area contributed by atoms with Gasteiger partial charge < -0.3 is 15.8 Å². The molecule has 0 unspecified atom stereocenters. The first-order valence-corrected chi connectivity index (χ1v) is 4.37. The number of nitrogens with one attached hydrogen (secondary N) is 1. The van der Waals surface area contributed by atoms with E-state index in [1.54, 1.807) is 18.2 Å². The van der Waals surface area contributed by atoms with Crippen LogP contribution in [0.3, 0.4) is 0 Å². The van der Waals surface area contributed by atoms with Crippen LogP contribution in [0.1, 0.15) is 10.4 Å². The van der Waals surface area contributed by atoms with Crippen molar-refractivity contribution in [1.82, 2.24) is 5.32 Å². The summed E-state index contributed by atoms with van der Waals surface area (Å²) >= 11 is 0. The van der Waals surface area contributed by atoms with Crippen LogP contribution >= 0.6 is 0 Å². The Bertz CT molecular complexity index is 408. The summed E-state index contributed by atoms with van der Waals surface area (Å²) in [4.78, 5) is 11.5. The quantitative estimate of drug-likeness (QED) is 0.561. The fraction of sp³-hybridized carbons (Fsp3) is 0.182. The van der Waals surface area contributed by atoms with E-state index < -0.39 is 0 Å². The number of hydrogen-bond donors (Lipinski definition) is 2. The number of ether oxygens (including phenoxy) is 1. The summed E-state index contributed by atoms with van der Waals surface area (Å²) in [6.07, 6.45) is 5.06. The first-order valence-electron chi connectivity index (χ1n) is 4.37. The maximum Gasteiger partial charge on any atom is 0.254 e. The summed E-state index contributed by atoms with van der Waals surface area (Å²) in [6, 6.07) is 4.82. The zero-order valence-corrected chi connectivity index (χ0v) is 8.41. The maximum absolute atomic E-state index is 11.5. The van der Waals surface area contributed by atoms with Crippen molar-refractivity contribution in [3.63, 3.8) is 0 Å². The third-order valence-electron chi connectivity index (χ3n) is 1.79. The van der Waals surface area contributed by atoms with Crippen LogP contribution in [-0.2, 0) is 0 Å². The Labute approximate surface area is 88.4 Å². The number of anilines is 1. The van der Waals surface area contributed by atoms with Crippen LogP contribution in [0.15, 0.2) is 18.2 Å². The summed E-state index contributed by atoms with van der Waals surface area (Å²) in [6.45, 7) is 0.119. The van der Waals surface area contributed by atoms with Gasteiger partial charge in [0.05, 0.1) is 5.56 Å². The molecule has 4 nitrogen and oxygen atoms in total. The highest BCUT2D eigenvalue weighted by Gasteiger charge is 2.11. The van der Waals surface area contributed by atoms with Gasteiger partial charge in [0.25, 0.3) is 5.91 Å². The van der Waals surface area contributed by atoms with E-state index in [0.717, 1.165) is 0 Å². The number of hydrogen-bond acceptors (Lipinski definition) is 3. The van der Waals surface area contributed by atoms with Crippen molar-refractivity contribution < 1.29 is 9.53 Å². The summed E-state index contributed by atoms with van der Waals surface area (Å²) in [5.74, 6) is 2.51. The molecular weight excluding hydrogens is 192 g/mol. The van der Waals surface area contributed by atoms with Crippen molar-refractivity contribution in [2.75, 3.05) is 19.4 Å². The number of terminal acetylenes is 1. The van der Waals surface area contributed by atoms with E-state index in [2.05, 4.69) is 11.2 Å². The van der Waals surface area contributed by atoms with Gasteiger partial charge in [0.1, 0.15) is 12.4 Å². The Balaban J connectivity index is 3.04. The lowest BCUT2D eigenvalue weighted by molar-refractivity contribution is 0.0959. The predicted molar refractivity (Wildman–Crippen MR) is 58.6 cm³/mol. The Hall–Kier alpha value is -2.15. The molecule has 0 aromatic heterocycles. The molecule has 1 rings (SSSR count). The molecule has 0 aliphatic carbocycles. The fourth-order valence-corrected chi connectivity index (χ4v) is 1.10. The van der Waals surface area contributed by atoms with Gasteiger partial charge in [-0.15, -0.1) is 6.42 Å². The first-order chi connectivity index (χ1) is 7.19. The topological polar surface area (TPSA) is 64.3 Å². The van der Waals surface area contributed by atoms with Gasteiger partial charge in [0.2, 0.25) is 0 Å². The number of rotatable bonds is 3. The molecule has 3 N–H and O–H groups in total. The van der Waals surface area contributed by atoms with Crippen LogP contribution in [0.4, 0.5) is 5.69 Å². The smallest absolute Gasteiger partial charge is 0.254 e. The SMILES string of the molecule is C#CCOc1ccc(N)cc1C(=O)NC. The molecule has 0 bridgehead atoms. The molecule has 4 heteroatoms. The summed E-state index contributed by atoms with van der Waals surface area (Å²) in [5.41, 5.74) is 6.46. The summed E-state index contributed by atoms with van der Waals surface area (Å²) < 4.78 is 5.21. The zero-order chi connectivity index (χ0) is 11.3. The first kappa shape index (κ1) is 10.9. The molecular formula is C11H12N2O2. The number of carbonyl (C=O) groups is 1. The molecule has 0 radical (unpaired) electrons. The van der Waals surface area contributed by atoms with E-state index in [0.29, 0.717) is 17.0 Å². The molecule has 0 atom stereocenters. The van der Waals surface area contributed by atoms with E-state index in [9.17, 15) is 4.79 Å². The van der Waals surface area contributed by atoms with E-state index in [-0.39, 0.29) is 12.5 Å². The molecule has 0 aliphatic heterocycles. The number of benzene rings is 1. The second-order valence-corrected chi connectivity index (χ2v) is 2.83. The highest BCUT2D eigenvalue weighted by molar-refractivity contribution is 5.97. The number of nitrogens with two attached hydrogens (primary N) is 1. The molecule has 0 aliphatic rings. The van der Waals surface area contributed by atoms with E-state index in [1.165, 1.54) is 7.05 Å². The largest absolute Gasteiger partial charge is 0.480 e. The van der Waals surface area contributed by atoms with Crippen LogP contribution in [0.2, 0.25) is 0 Å². The molecule has 15 heavy (non-hydrogen) atoms. The van der Waals surface area contributed by atoms with Crippen molar-refractivity contribution in [1.29, 1.82) is 0 Å². The van der Waals surface area contributed by atoms with Crippen LogP contribution in [0.5, 0.6) is 5.75 Å². The lowest BCUT2D eigenvalue weighted by atomic mass is 10.1. The lowest BCUT2D eigenvalue weighted by Gasteiger charge is -2.09. The van der Waals surface area contributed by atoms with Gasteiger partial charge in [-0.3, -0.25) is 4.79 Å². The summed E-state index contributed by atoms with van der Waals surface area (Å²) in [5, 5.41) is 2.50. The van der Waals surface area contributed by atoms with Gasteiger partial charge in [-0.25, -0.2) is 0 Å². The molecule has 0 heterocycles. The van der Waals surface area contributed by atoms with Gasteiger partial charge in [-0.1, -0.05) is 5.92 Å². The highest BCUT2D eigenvalue weighted by atomic mass is 16.5. The van der Waals surface area contributed by atoms with Crippen LogP contribution < -0.4 is 15.8 Å². The van der Waals surface area contributed by atoms with Gasteiger partial charge in [0.15, 0.2) is 0 Å². The molecule has 0 fully saturated rings. The molecule has 1 aromatic carbocycles. The van der Waals surface area contributed by atoms with Crippen molar-refractivity contribution in [2.45, 2.75) is 0 Å². The van der Waals surface area contributed by atoms with Crippen LogP contribution in [0, 0.1) is 12.3 Å². The van der Waals surface area contributed by atoms with Crippen molar-refractivity contribution >= 4 is 11.6 Å². The molecule has 0 spiro atoms. The van der Waals surface area contributed by atoms with Crippen molar-refractivity contribution in [3.05, 3.63) is 23.8 Å². The average molecular weight is 204 g/mol. The third kappa shape index (κ3) is 2.64. The molecule has 0 saturated heterocycles. The minimum absolute atomic E-state index is 0.119. The molecule has 1 amide bonds. The normalized spacial score (nSPS) is 9.07. The Morgan fingerprint density at radius 3 is 3.00 bits per heavy atom. The molecule has 78 valence electrons. The molecule has 0 saturated carbocycles. The maximum atomic E-state index is 11.5. The van der Waals surface area contributed by atoms with Gasteiger partial charge in [0, 0.05) is 12.7 Å². The summed E-state index contributed by atoms with van der Waals surface area (Å²) in [7, 11) is 1.54. The zero-order valence-electron chi connectivity index (χ0n) is 8.41.